The van der Waals surface area contributed by atoms with Crippen LogP contribution < -0.4 is 14.9 Å². The van der Waals surface area contributed by atoms with Gasteiger partial charge >= 0.3 is 12.1 Å². The van der Waals surface area contributed by atoms with E-state index < -0.39 is 35.7 Å². The fraction of sp³-hybridized carbons (Fsp3) is 0.304. The molecule has 1 heterocycles. The van der Waals surface area contributed by atoms with Gasteiger partial charge in [0.1, 0.15) is 17.1 Å². The first-order valence-electron chi connectivity index (χ1n) is 9.81. The topological polar surface area (TPSA) is 75.0 Å². The van der Waals surface area contributed by atoms with Crippen LogP contribution in [0.5, 0.6) is 17.2 Å². The van der Waals surface area contributed by atoms with E-state index in [1.165, 1.54) is 24.3 Å². The quantitative estimate of drug-likeness (QED) is 0.387. The Morgan fingerprint density at radius 1 is 1.09 bits per heavy atom. The van der Waals surface area contributed by atoms with E-state index in [-0.39, 0.29) is 28.6 Å². The van der Waals surface area contributed by atoms with E-state index in [1.807, 2.05) is 0 Å². The van der Waals surface area contributed by atoms with Gasteiger partial charge in [0.05, 0.1) is 11.5 Å². The highest BCUT2D eigenvalue weighted by Crippen LogP contribution is 2.39. The molecule has 0 amide bonds. The Balaban J connectivity index is 2.03. The molecule has 0 N–H and O–H groups in total. The van der Waals surface area contributed by atoms with Crippen LogP contribution in [0.25, 0.3) is 11.0 Å². The molecular formula is C23H20ClF3O6. The zero-order valence-electron chi connectivity index (χ0n) is 18.1. The number of halogens is 4. The molecule has 2 aromatic carbocycles. The van der Waals surface area contributed by atoms with Crippen molar-refractivity contribution in [3.63, 3.8) is 0 Å². The minimum atomic E-state index is -5.02. The number of carbonyl (C=O) groups is 1. The van der Waals surface area contributed by atoms with Crippen LogP contribution in [0.1, 0.15) is 30.7 Å². The maximum atomic E-state index is 13.7. The molecule has 10 heteroatoms. The molecule has 0 radical (unpaired) electrons. The van der Waals surface area contributed by atoms with Crippen LogP contribution in [-0.2, 0) is 15.7 Å². The summed E-state index contributed by atoms with van der Waals surface area (Å²) in [5.74, 6) is -3.21. The van der Waals surface area contributed by atoms with Crippen molar-refractivity contribution in [2.75, 3.05) is 6.61 Å². The number of carbonyl (C=O) groups excluding carboxylic acids is 1. The fourth-order valence-electron chi connectivity index (χ4n) is 3.05. The fourth-order valence-corrected chi connectivity index (χ4v) is 3.16. The Kier molecular flexibility index (Phi) is 6.92. The number of benzene rings is 2. The Labute approximate surface area is 191 Å². The monoisotopic (exact) mass is 484 g/mol. The van der Waals surface area contributed by atoms with Crippen LogP contribution in [0.3, 0.4) is 0 Å². The number of aryl methyl sites for hydroxylation is 2. The van der Waals surface area contributed by atoms with E-state index in [9.17, 15) is 22.8 Å². The molecule has 33 heavy (non-hydrogen) atoms. The molecule has 0 saturated carbocycles. The summed E-state index contributed by atoms with van der Waals surface area (Å²) in [4.78, 5) is 24.5. The molecule has 0 aliphatic heterocycles. The van der Waals surface area contributed by atoms with Crippen molar-refractivity contribution in [3.05, 3.63) is 62.5 Å². The highest BCUT2D eigenvalue weighted by molar-refractivity contribution is 6.32. The van der Waals surface area contributed by atoms with Crippen molar-refractivity contribution in [2.24, 2.45) is 0 Å². The van der Waals surface area contributed by atoms with E-state index in [0.29, 0.717) is 16.1 Å². The minimum Gasteiger partial charge on any atom is -0.482 e. The lowest BCUT2D eigenvalue weighted by molar-refractivity contribution is -0.154. The van der Waals surface area contributed by atoms with Gasteiger partial charge in [0, 0.05) is 11.1 Å². The van der Waals surface area contributed by atoms with Crippen LogP contribution in [0, 0.1) is 13.8 Å². The second-order valence-corrected chi connectivity index (χ2v) is 7.92. The third kappa shape index (κ3) is 5.60. The molecule has 0 aliphatic rings. The van der Waals surface area contributed by atoms with Crippen LogP contribution in [0.4, 0.5) is 13.2 Å². The summed E-state index contributed by atoms with van der Waals surface area (Å²) in [6.45, 7) is 6.18. The zero-order valence-corrected chi connectivity index (χ0v) is 18.9. The zero-order chi connectivity index (χ0) is 24.5. The molecular weight excluding hydrogens is 465 g/mol. The average Bonchev–Trinajstić information content (AvgIpc) is 2.71. The van der Waals surface area contributed by atoms with E-state index >= 15 is 0 Å². The predicted octanol–water partition coefficient (Wildman–Crippen LogP) is 6.20. The Bertz CT molecular complexity index is 1240. The van der Waals surface area contributed by atoms with Crippen molar-refractivity contribution in [1.82, 2.24) is 0 Å². The first-order valence-corrected chi connectivity index (χ1v) is 10.2. The predicted molar refractivity (Wildman–Crippen MR) is 115 cm³/mol. The largest absolute Gasteiger partial charge is 0.482 e. The summed E-state index contributed by atoms with van der Waals surface area (Å²) in [5, 5.41) is 0.284. The lowest BCUT2D eigenvalue weighted by atomic mass is 10.1. The maximum absolute atomic E-state index is 13.7. The summed E-state index contributed by atoms with van der Waals surface area (Å²) in [6, 6.07) is 6.50. The summed E-state index contributed by atoms with van der Waals surface area (Å²) in [7, 11) is 0. The number of fused-ring (bicyclic) bond motifs is 1. The van der Waals surface area contributed by atoms with Gasteiger partial charge in [-0.2, -0.15) is 13.2 Å². The summed E-state index contributed by atoms with van der Waals surface area (Å²) in [5.41, 5.74) is -0.246. The highest BCUT2D eigenvalue weighted by Gasteiger charge is 2.40. The summed E-state index contributed by atoms with van der Waals surface area (Å²) >= 11 is 6.09. The van der Waals surface area contributed by atoms with Gasteiger partial charge in [0.15, 0.2) is 6.61 Å². The number of hydrogen-bond acceptors (Lipinski definition) is 6. The third-order valence-electron chi connectivity index (χ3n) is 4.43. The van der Waals surface area contributed by atoms with Gasteiger partial charge in [0.2, 0.25) is 11.2 Å². The van der Waals surface area contributed by atoms with Crippen LogP contribution in [0.2, 0.25) is 5.02 Å². The van der Waals surface area contributed by atoms with Crippen LogP contribution in [0.15, 0.2) is 39.5 Å². The molecule has 0 unspecified atom stereocenters. The van der Waals surface area contributed by atoms with E-state index in [0.717, 1.165) is 6.07 Å². The van der Waals surface area contributed by atoms with Gasteiger partial charge in [-0.25, -0.2) is 4.79 Å². The Morgan fingerprint density at radius 2 is 1.73 bits per heavy atom. The van der Waals surface area contributed by atoms with E-state index in [4.69, 9.17) is 30.2 Å². The van der Waals surface area contributed by atoms with Crippen molar-refractivity contribution in [2.45, 2.75) is 40.0 Å². The molecule has 3 rings (SSSR count). The standard InChI is InChI=1S/C23H20ClF3O6/c1-11(2)31-18(28)10-30-14-5-6-16-17(9-14)33-22(23(25,26)27)21(20(16)29)32-15-7-12(3)19(24)13(4)8-15/h5-9,11H,10H2,1-4H3. The number of hydrogen-bond donors (Lipinski definition) is 0. The molecule has 0 bridgehead atoms. The second kappa shape index (κ2) is 9.35. The van der Waals surface area contributed by atoms with Crippen molar-refractivity contribution < 1.29 is 36.6 Å². The second-order valence-electron chi connectivity index (χ2n) is 7.55. The molecule has 6 nitrogen and oxygen atoms in total. The summed E-state index contributed by atoms with van der Waals surface area (Å²) < 4.78 is 61.8. The average molecular weight is 485 g/mol. The number of rotatable bonds is 6. The van der Waals surface area contributed by atoms with Crippen LogP contribution >= 0.6 is 11.6 Å². The first kappa shape index (κ1) is 24.4. The van der Waals surface area contributed by atoms with Crippen LogP contribution in [-0.4, -0.2) is 18.7 Å². The first-order chi connectivity index (χ1) is 15.4. The minimum absolute atomic E-state index is 0.00942. The Hall–Kier alpha value is -3.20. The van der Waals surface area contributed by atoms with Crippen molar-refractivity contribution in [3.8, 4) is 17.2 Å². The lowest BCUT2D eigenvalue weighted by Gasteiger charge is -2.15. The van der Waals surface area contributed by atoms with Crippen molar-refractivity contribution >= 4 is 28.5 Å². The SMILES string of the molecule is Cc1cc(Oc2c(C(F)(F)F)oc3cc(OCC(=O)OC(C)C)ccc3c2=O)cc(C)c1Cl. The summed E-state index contributed by atoms with van der Waals surface area (Å²) in [6.07, 6.45) is -5.37. The Morgan fingerprint density at radius 3 is 2.30 bits per heavy atom. The van der Waals surface area contributed by atoms with Gasteiger partial charge in [-0.15, -0.1) is 0 Å². The van der Waals surface area contributed by atoms with Gasteiger partial charge in [-0.1, -0.05) is 11.6 Å². The smallest absolute Gasteiger partial charge is 0.453 e. The highest BCUT2D eigenvalue weighted by atomic mass is 35.5. The molecule has 0 atom stereocenters. The number of ether oxygens (including phenoxy) is 3. The third-order valence-corrected chi connectivity index (χ3v) is 5.03. The molecule has 176 valence electrons. The molecule has 0 saturated heterocycles. The maximum Gasteiger partial charge on any atom is 0.453 e. The van der Waals surface area contributed by atoms with Gasteiger partial charge < -0.3 is 18.6 Å². The molecule has 0 aliphatic carbocycles. The van der Waals surface area contributed by atoms with E-state index in [1.54, 1.807) is 27.7 Å². The molecule has 1 aromatic heterocycles. The molecule has 0 fully saturated rings. The van der Waals surface area contributed by atoms with E-state index in [2.05, 4.69) is 0 Å². The van der Waals surface area contributed by atoms with Crippen molar-refractivity contribution in [1.29, 1.82) is 0 Å². The number of alkyl halides is 3. The van der Waals surface area contributed by atoms with Gasteiger partial charge in [-0.05, 0) is 63.1 Å². The molecule has 0 spiro atoms. The van der Waals surface area contributed by atoms with Gasteiger partial charge in [0.25, 0.3) is 5.76 Å². The normalized spacial score (nSPS) is 11.7. The van der Waals surface area contributed by atoms with Gasteiger partial charge in [-0.3, -0.25) is 4.79 Å². The lowest BCUT2D eigenvalue weighted by Crippen LogP contribution is -2.19. The number of esters is 1. The molecule has 3 aromatic rings.